The van der Waals surface area contributed by atoms with Gasteiger partial charge in [-0.05, 0) is 60.9 Å². The molecule has 2 aromatic rings. The normalized spacial score (nSPS) is 16.4. The predicted molar refractivity (Wildman–Crippen MR) is 118 cm³/mol. The molecule has 2 aliphatic rings. The van der Waals surface area contributed by atoms with E-state index in [2.05, 4.69) is 31.4 Å². The number of amides is 2. The average molecular weight is 408 g/mol. The maximum Gasteiger partial charge on any atom is 0.254 e. The van der Waals surface area contributed by atoms with Gasteiger partial charge in [-0.3, -0.25) is 9.59 Å². The molecule has 0 radical (unpaired) electrons. The van der Waals surface area contributed by atoms with Crippen molar-refractivity contribution in [3.05, 3.63) is 59.4 Å². The summed E-state index contributed by atoms with van der Waals surface area (Å²) in [4.78, 5) is 30.3. The van der Waals surface area contributed by atoms with E-state index in [9.17, 15) is 9.59 Å². The van der Waals surface area contributed by atoms with Crippen LogP contribution in [0.3, 0.4) is 0 Å². The lowest BCUT2D eigenvalue weighted by atomic mass is 9.86. The Bertz CT molecular complexity index is 915. The van der Waals surface area contributed by atoms with E-state index in [-0.39, 0.29) is 29.8 Å². The van der Waals surface area contributed by atoms with E-state index in [1.807, 2.05) is 48.5 Å². The van der Waals surface area contributed by atoms with Crippen LogP contribution in [0.5, 0.6) is 0 Å². The molecule has 5 nitrogen and oxygen atoms in total. The van der Waals surface area contributed by atoms with Crippen LogP contribution in [0.1, 0.15) is 68.1 Å². The summed E-state index contributed by atoms with van der Waals surface area (Å²) in [6.45, 7) is 7.28. The van der Waals surface area contributed by atoms with Gasteiger partial charge in [-0.2, -0.15) is 0 Å². The predicted octanol–water partition coefficient (Wildman–Crippen LogP) is 4.12. The van der Waals surface area contributed by atoms with E-state index in [1.165, 1.54) is 5.56 Å². The molecule has 4 rings (SSSR count). The van der Waals surface area contributed by atoms with Crippen molar-refractivity contribution in [3.8, 4) is 0 Å². The third-order valence-electron chi connectivity index (χ3n) is 6.24. The van der Waals surface area contributed by atoms with Crippen molar-refractivity contribution in [2.24, 2.45) is 7.05 Å². The molecule has 1 aromatic carbocycles. The standard InChI is InChI=1S/C25H33N3O2/c1-25(2,3)19-9-7-18(8-10-19)24(30)28(21-13-14-21)17-23(29)27(20-11-12-20)16-22-6-5-15-26(22)4/h5-10,15,20-21H,11-14,16-17H2,1-4H3. The summed E-state index contributed by atoms with van der Waals surface area (Å²) in [5.41, 5.74) is 3.05. The minimum Gasteiger partial charge on any atom is -0.353 e. The highest BCUT2D eigenvalue weighted by Crippen LogP contribution is 2.32. The van der Waals surface area contributed by atoms with Crippen LogP contribution in [-0.2, 0) is 23.8 Å². The number of aromatic nitrogens is 1. The van der Waals surface area contributed by atoms with Gasteiger partial charge in [-0.25, -0.2) is 0 Å². The van der Waals surface area contributed by atoms with Crippen LogP contribution in [0.2, 0.25) is 0 Å². The summed E-state index contributed by atoms with van der Waals surface area (Å²) in [6, 6.07) is 12.5. The maximum absolute atomic E-state index is 13.3. The Morgan fingerprint density at radius 3 is 2.07 bits per heavy atom. The molecule has 2 saturated carbocycles. The Morgan fingerprint density at radius 2 is 1.57 bits per heavy atom. The third-order valence-corrected chi connectivity index (χ3v) is 6.24. The Morgan fingerprint density at radius 1 is 0.967 bits per heavy atom. The minimum atomic E-state index is -0.0269. The SMILES string of the molecule is Cn1cccc1CN(C(=O)CN(C(=O)c1ccc(C(C)(C)C)cc1)C1CC1)C1CC1. The highest BCUT2D eigenvalue weighted by Gasteiger charge is 2.38. The van der Waals surface area contributed by atoms with Gasteiger partial charge >= 0.3 is 0 Å². The van der Waals surface area contributed by atoms with Gasteiger partial charge < -0.3 is 14.4 Å². The zero-order chi connectivity index (χ0) is 21.5. The van der Waals surface area contributed by atoms with Crippen molar-refractivity contribution in [2.45, 2.75) is 70.5 Å². The highest BCUT2D eigenvalue weighted by atomic mass is 16.2. The van der Waals surface area contributed by atoms with Gasteiger partial charge in [0.15, 0.2) is 0 Å². The number of benzene rings is 1. The van der Waals surface area contributed by atoms with Gasteiger partial charge in [0.25, 0.3) is 5.91 Å². The lowest BCUT2D eigenvalue weighted by Gasteiger charge is -2.28. The van der Waals surface area contributed by atoms with Crippen LogP contribution >= 0.6 is 0 Å². The van der Waals surface area contributed by atoms with Crippen LogP contribution in [0.25, 0.3) is 0 Å². The number of aryl methyl sites for hydroxylation is 1. The zero-order valence-corrected chi connectivity index (χ0v) is 18.6. The molecule has 160 valence electrons. The van der Waals surface area contributed by atoms with Gasteiger partial charge in [0.1, 0.15) is 6.54 Å². The molecule has 30 heavy (non-hydrogen) atoms. The Hall–Kier alpha value is -2.56. The molecule has 0 bridgehead atoms. The maximum atomic E-state index is 13.3. The number of nitrogens with zero attached hydrogens (tertiary/aromatic N) is 3. The Labute approximate surface area is 179 Å². The molecule has 5 heteroatoms. The second-order valence-corrected chi connectivity index (χ2v) is 9.85. The summed E-state index contributed by atoms with van der Waals surface area (Å²) >= 11 is 0. The largest absolute Gasteiger partial charge is 0.353 e. The average Bonchev–Trinajstić information content (AvgIpc) is 3.62. The number of hydrogen-bond acceptors (Lipinski definition) is 2. The second-order valence-electron chi connectivity index (χ2n) is 9.85. The van der Waals surface area contributed by atoms with E-state index >= 15 is 0 Å². The van der Waals surface area contributed by atoms with Crippen molar-refractivity contribution in [1.29, 1.82) is 0 Å². The number of rotatable bonds is 7. The third kappa shape index (κ3) is 4.61. The number of carbonyl (C=O) groups excluding carboxylic acids is 2. The monoisotopic (exact) mass is 407 g/mol. The van der Waals surface area contributed by atoms with E-state index in [0.717, 1.165) is 31.4 Å². The van der Waals surface area contributed by atoms with E-state index < -0.39 is 0 Å². The summed E-state index contributed by atoms with van der Waals surface area (Å²) in [5, 5.41) is 0. The van der Waals surface area contributed by atoms with Crippen molar-refractivity contribution in [3.63, 3.8) is 0 Å². The first-order valence-electron chi connectivity index (χ1n) is 11.1. The highest BCUT2D eigenvalue weighted by molar-refractivity contribution is 5.97. The topological polar surface area (TPSA) is 45.6 Å². The van der Waals surface area contributed by atoms with Gasteiger partial charge in [-0.15, -0.1) is 0 Å². The van der Waals surface area contributed by atoms with Crippen molar-refractivity contribution in [2.75, 3.05) is 6.54 Å². The van der Waals surface area contributed by atoms with Gasteiger partial charge in [-0.1, -0.05) is 32.9 Å². The van der Waals surface area contributed by atoms with E-state index in [4.69, 9.17) is 0 Å². The number of hydrogen-bond donors (Lipinski definition) is 0. The van der Waals surface area contributed by atoms with Crippen LogP contribution in [0.15, 0.2) is 42.6 Å². The molecule has 2 aliphatic carbocycles. The summed E-state index contributed by atoms with van der Waals surface area (Å²) < 4.78 is 2.06. The van der Waals surface area contributed by atoms with Gasteiger partial charge in [0, 0.05) is 36.6 Å². The van der Waals surface area contributed by atoms with Crippen LogP contribution < -0.4 is 0 Å². The molecular formula is C25H33N3O2. The minimum absolute atomic E-state index is 0.0269. The molecule has 0 unspecified atom stereocenters. The van der Waals surface area contributed by atoms with Crippen LogP contribution in [0.4, 0.5) is 0 Å². The smallest absolute Gasteiger partial charge is 0.254 e. The molecule has 0 atom stereocenters. The molecule has 2 fully saturated rings. The first kappa shape index (κ1) is 20.7. The van der Waals surface area contributed by atoms with Crippen LogP contribution in [0, 0.1) is 0 Å². The summed E-state index contributed by atoms with van der Waals surface area (Å²) in [7, 11) is 2.01. The molecule has 0 saturated heterocycles. The fourth-order valence-electron chi connectivity index (χ4n) is 3.91. The van der Waals surface area contributed by atoms with Crippen molar-refractivity contribution < 1.29 is 9.59 Å². The van der Waals surface area contributed by atoms with Crippen molar-refractivity contribution >= 4 is 11.8 Å². The quantitative estimate of drug-likeness (QED) is 0.693. The van der Waals surface area contributed by atoms with Gasteiger partial charge in [0.2, 0.25) is 5.91 Å². The molecule has 1 heterocycles. The fourth-order valence-corrected chi connectivity index (χ4v) is 3.91. The lowest BCUT2D eigenvalue weighted by Crippen LogP contribution is -2.44. The van der Waals surface area contributed by atoms with Gasteiger partial charge in [0.05, 0.1) is 6.54 Å². The molecule has 0 spiro atoms. The summed E-state index contributed by atoms with van der Waals surface area (Å²) in [6.07, 6.45) is 6.09. The van der Waals surface area contributed by atoms with Crippen LogP contribution in [-0.4, -0.2) is 44.8 Å². The molecule has 0 N–H and O–H groups in total. The fraction of sp³-hybridized carbons (Fsp3) is 0.520. The Kier molecular flexibility index (Phi) is 5.48. The Balaban J connectivity index is 1.48. The zero-order valence-electron chi connectivity index (χ0n) is 18.6. The number of carbonyl (C=O) groups is 2. The summed E-state index contributed by atoms with van der Waals surface area (Å²) in [5.74, 6) is 0.0335. The molecule has 0 aliphatic heterocycles. The first-order valence-corrected chi connectivity index (χ1v) is 11.1. The van der Waals surface area contributed by atoms with E-state index in [1.54, 1.807) is 4.90 Å². The van der Waals surface area contributed by atoms with Crippen molar-refractivity contribution in [1.82, 2.24) is 14.4 Å². The molecule has 1 aromatic heterocycles. The molecule has 2 amide bonds. The van der Waals surface area contributed by atoms with E-state index in [0.29, 0.717) is 18.2 Å². The lowest BCUT2D eigenvalue weighted by molar-refractivity contribution is -0.133. The first-order chi connectivity index (χ1) is 14.2. The second kappa shape index (κ2) is 7.93. The molecular weight excluding hydrogens is 374 g/mol.